The fourth-order valence-corrected chi connectivity index (χ4v) is 4.23. The van der Waals surface area contributed by atoms with Gasteiger partial charge in [0.2, 0.25) is 0 Å². The first-order valence-corrected chi connectivity index (χ1v) is 10.0. The molecule has 0 amide bonds. The number of nitrogens with two attached hydrogens (primary N) is 1. The van der Waals surface area contributed by atoms with Gasteiger partial charge in [-0.25, -0.2) is 0 Å². The highest BCUT2D eigenvalue weighted by Crippen LogP contribution is 2.44. The zero-order valence-electron chi connectivity index (χ0n) is 16.7. The van der Waals surface area contributed by atoms with E-state index in [2.05, 4.69) is 39.2 Å². The summed E-state index contributed by atoms with van der Waals surface area (Å²) in [4.78, 5) is 0. The molecule has 1 fully saturated rings. The molecule has 0 unspecified atom stereocenters. The molecule has 0 radical (unpaired) electrons. The van der Waals surface area contributed by atoms with Crippen LogP contribution in [-0.2, 0) is 7.05 Å². The van der Waals surface area contributed by atoms with Gasteiger partial charge in [0.25, 0.3) is 0 Å². The molecule has 1 saturated carbocycles. The topological polar surface area (TPSA) is 81.0 Å². The zero-order chi connectivity index (χ0) is 20.1. The molecule has 2 aromatic carbocycles. The van der Waals surface area contributed by atoms with Gasteiger partial charge in [0.15, 0.2) is 0 Å². The summed E-state index contributed by atoms with van der Waals surface area (Å²) in [5, 5.41) is 18.8. The van der Waals surface area contributed by atoms with E-state index in [1.165, 1.54) is 6.42 Å². The van der Waals surface area contributed by atoms with Gasteiger partial charge in [-0.05, 0) is 50.5 Å². The van der Waals surface area contributed by atoms with E-state index in [4.69, 9.17) is 5.73 Å². The number of hydrogen-bond donors (Lipinski definition) is 3. The maximum Gasteiger partial charge on any atom is 0.128 e. The maximum absolute atomic E-state index is 10.0. The minimum Gasteiger partial charge on any atom is -0.508 e. The van der Waals surface area contributed by atoms with E-state index in [1.54, 1.807) is 6.07 Å². The summed E-state index contributed by atoms with van der Waals surface area (Å²) in [6, 6.07) is 16.2. The van der Waals surface area contributed by atoms with E-state index in [9.17, 15) is 5.11 Å². The summed E-state index contributed by atoms with van der Waals surface area (Å²) in [5.74, 6) is 1.22. The lowest BCUT2D eigenvalue weighted by Gasteiger charge is -2.30. The highest BCUT2D eigenvalue weighted by molar-refractivity contribution is 6.01. The number of phenols is 1. The van der Waals surface area contributed by atoms with Crippen molar-refractivity contribution in [1.29, 1.82) is 0 Å². The van der Waals surface area contributed by atoms with Crippen molar-refractivity contribution in [2.24, 2.45) is 7.05 Å². The van der Waals surface area contributed by atoms with E-state index >= 15 is 0 Å². The number of hydrogen-bond acceptors (Lipinski definition) is 4. The summed E-state index contributed by atoms with van der Waals surface area (Å²) in [6.07, 6.45) is 3.52. The van der Waals surface area contributed by atoms with Crippen LogP contribution in [0.25, 0.3) is 22.2 Å². The molecule has 0 bridgehead atoms. The third kappa shape index (κ3) is 2.92. The Balaban J connectivity index is 1.57. The predicted octanol–water partition coefficient (Wildman–Crippen LogP) is 5.11. The Bertz CT molecular complexity index is 1200. The number of rotatable bonds is 4. The van der Waals surface area contributed by atoms with Crippen molar-refractivity contribution in [3.05, 3.63) is 54.2 Å². The summed E-state index contributed by atoms with van der Waals surface area (Å²) in [5.41, 5.74) is 12.5. The van der Waals surface area contributed by atoms with Gasteiger partial charge >= 0.3 is 0 Å². The Morgan fingerprint density at radius 1 is 1.10 bits per heavy atom. The van der Waals surface area contributed by atoms with Gasteiger partial charge in [0, 0.05) is 41.9 Å². The molecule has 29 heavy (non-hydrogen) atoms. The third-order valence-corrected chi connectivity index (χ3v) is 5.90. The molecule has 5 rings (SSSR count). The fraction of sp³-hybridized carbons (Fsp3) is 0.261. The molecule has 1 aliphatic carbocycles. The monoisotopic (exact) mass is 387 g/mol. The van der Waals surface area contributed by atoms with Crippen molar-refractivity contribution in [3.63, 3.8) is 0 Å². The van der Waals surface area contributed by atoms with Gasteiger partial charge in [0.05, 0.1) is 22.6 Å². The number of nitrogens with one attached hydrogen (secondary N) is 1. The predicted molar refractivity (Wildman–Crippen MR) is 118 cm³/mol. The molecule has 6 heteroatoms. The molecule has 2 aromatic heterocycles. The first-order valence-electron chi connectivity index (χ1n) is 10.0. The number of phenolic OH excluding ortho intramolecular Hbond substituents is 1. The molecule has 0 atom stereocenters. The van der Waals surface area contributed by atoms with Crippen molar-refractivity contribution in [2.75, 3.05) is 11.1 Å². The minimum atomic E-state index is 0.271. The zero-order valence-corrected chi connectivity index (χ0v) is 16.7. The molecule has 0 aliphatic heterocycles. The summed E-state index contributed by atoms with van der Waals surface area (Å²) in [6.45, 7) is 1.98. The number of nitrogens with zero attached hydrogens (tertiary/aromatic N) is 3. The van der Waals surface area contributed by atoms with E-state index in [-0.39, 0.29) is 5.75 Å². The van der Waals surface area contributed by atoms with Crippen LogP contribution in [0.3, 0.4) is 0 Å². The van der Waals surface area contributed by atoms with Crippen molar-refractivity contribution >= 4 is 28.1 Å². The van der Waals surface area contributed by atoms with Gasteiger partial charge in [-0.2, -0.15) is 5.10 Å². The summed E-state index contributed by atoms with van der Waals surface area (Å²) in [7, 11) is 1.93. The molecule has 0 spiro atoms. The lowest BCUT2D eigenvalue weighted by atomic mass is 9.92. The Morgan fingerprint density at radius 3 is 2.48 bits per heavy atom. The first kappa shape index (κ1) is 17.7. The average Bonchev–Trinajstić information content (AvgIpc) is 3.11. The van der Waals surface area contributed by atoms with Crippen LogP contribution in [0.1, 0.15) is 31.0 Å². The van der Waals surface area contributed by atoms with Crippen LogP contribution in [0.2, 0.25) is 0 Å². The molecule has 4 aromatic rings. The van der Waals surface area contributed by atoms with E-state index in [0.29, 0.717) is 6.04 Å². The van der Waals surface area contributed by atoms with Gasteiger partial charge in [-0.15, -0.1) is 0 Å². The highest BCUT2D eigenvalue weighted by atomic mass is 16.3. The third-order valence-electron chi connectivity index (χ3n) is 5.90. The van der Waals surface area contributed by atoms with Crippen molar-refractivity contribution in [1.82, 2.24) is 14.3 Å². The van der Waals surface area contributed by atoms with Crippen LogP contribution in [0.4, 0.5) is 17.2 Å². The SMILES string of the molecule is Cc1cc(Nc2ccc(-c3c(N)c4ccc(O)cc4n3C3CCC3)cc2)n(C)n1. The van der Waals surface area contributed by atoms with Crippen LogP contribution < -0.4 is 11.1 Å². The average molecular weight is 387 g/mol. The highest BCUT2D eigenvalue weighted by Gasteiger charge is 2.27. The van der Waals surface area contributed by atoms with Crippen LogP contribution in [0.5, 0.6) is 5.75 Å². The number of anilines is 3. The van der Waals surface area contributed by atoms with E-state index in [1.807, 2.05) is 36.9 Å². The Kier molecular flexibility index (Phi) is 4.01. The number of fused-ring (bicyclic) bond motifs is 1. The van der Waals surface area contributed by atoms with Crippen molar-refractivity contribution in [2.45, 2.75) is 32.2 Å². The molecule has 4 N–H and O–H groups in total. The quantitative estimate of drug-likeness (QED) is 0.455. The van der Waals surface area contributed by atoms with Crippen LogP contribution >= 0.6 is 0 Å². The smallest absolute Gasteiger partial charge is 0.128 e. The Labute approximate surface area is 169 Å². The lowest BCUT2D eigenvalue weighted by molar-refractivity contribution is 0.324. The maximum atomic E-state index is 10.0. The lowest BCUT2D eigenvalue weighted by Crippen LogP contribution is -2.17. The molecule has 148 valence electrons. The number of aromatic hydroxyl groups is 1. The molecule has 6 nitrogen and oxygen atoms in total. The number of benzene rings is 2. The largest absolute Gasteiger partial charge is 0.508 e. The summed E-state index contributed by atoms with van der Waals surface area (Å²) >= 11 is 0. The molecule has 0 saturated heterocycles. The molecule has 1 aliphatic rings. The molecular weight excluding hydrogens is 362 g/mol. The van der Waals surface area contributed by atoms with E-state index in [0.717, 1.165) is 57.9 Å². The van der Waals surface area contributed by atoms with Crippen molar-refractivity contribution < 1.29 is 5.11 Å². The Hall–Kier alpha value is -3.41. The second-order valence-corrected chi connectivity index (χ2v) is 7.92. The van der Waals surface area contributed by atoms with Gasteiger partial charge in [-0.1, -0.05) is 12.1 Å². The fourth-order valence-electron chi connectivity index (χ4n) is 4.23. The Morgan fingerprint density at radius 2 is 1.86 bits per heavy atom. The molecule has 2 heterocycles. The second kappa shape index (κ2) is 6.58. The van der Waals surface area contributed by atoms with Crippen LogP contribution in [0.15, 0.2) is 48.5 Å². The van der Waals surface area contributed by atoms with Gasteiger partial charge in [0.1, 0.15) is 11.6 Å². The van der Waals surface area contributed by atoms with Crippen LogP contribution in [0, 0.1) is 6.92 Å². The number of nitrogen functional groups attached to an aromatic ring is 1. The normalized spacial score (nSPS) is 14.3. The van der Waals surface area contributed by atoms with E-state index < -0.39 is 0 Å². The first-order chi connectivity index (χ1) is 14.0. The summed E-state index contributed by atoms with van der Waals surface area (Å²) < 4.78 is 4.16. The van der Waals surface area contributed by atoms with Gasteiger partial charge < -0.3 is 20.7 Å². The number of aromatic nitrogens is 3. The standard InChI is InChI=1S/C23H25N5O/c1-14-12-21(27(2)26-14)25-16-8-6-15(7-9-16)23-22(24)19-11-10-18(29)13-20(19)28(23)17-4-3-5-17/h6-13,17,25,29H,3-5,24H2,1-2H3. The second-order valence-electron chi connectivity index (χ2n) is 7.92. The molecular formula is C23H25N5O. The van der Waals surface area contributed by atoms with Crippen molar-refractivity contribution in [3.8, 4) is 17.0 Å². The van der Waals surface area contributed by atoms with Gasteiger partial charge in [-0.3, -0.25) is 4.68 Å². The number of aryl methyl sites for hydroxylation is 2. The van der Waals surface area contributed by atoms with Crippen LogP contribution in [-0.4, -0.2) is 19.5 Å². The minimum absolute atomic E-state index is 0.271.